The van der Waals surface area contributed by atoms with Crippen molar-refractivity contribution in [2.24, 2.45) is 10.7 Å². The molecule has 1 saturated heterocycles. The third kappa shape index (κ3) is 4.58. The quantitative estimate of drug-likeness (QED) is 0.760. The van der Waals surface area contributed by atoms with Crippen LogP contribution in [0.3, 0.4) is 0 Å². The fourth-order valence-electron chi connectivity index (χ4n) is 3.81. The largest absolute Gasteiger partial charge is 0.492 e. The molecule has 1 aromatic rings. The number of ketones is 1. The second-order valence-corrected chi connectivity index (χ2v) is 7.22. The number of aliphatic imine (C=N–C) groups is 1. The smallest absolute Gasteiger partial charge is 0.244 e. The van der Waals surface area contributed by atoms with Crippen molar-refractivity contribution < 1.29 is 18.7 Å². The first-order valence-corrected chi connectivity index (χ1v) is 9.80. The number of ether oxygens (including phenoxy) is 1. The molecule has 1 saturated carbocycles. The number of halogens is 1. The molecule has 1 heterocycles. The van der Waals surface area contributed by atoms with E-state index in [0.717, 1.165) is 30.5 Å². The van der Waals surface area contributed by atoms with Gasteiger partial charge in [-0.15, -0.1) is 0 Å². The van der Waals surface area contributed by atoms with E-state index in [1.54, 1.807) is 11.0 Å². The maximum Gasteiger partial charge on any atom is 0.244 e. The van der Waals surface area contributed by atoms with Crippen LogP contribution in [-0.4, -0.2) is 62.1 Å². The topological polar surface area (TPSA) is 88.2 Å². The SMILES string of the molecule is COc1c(F)cccc1N1CCN(C(=O)CN=C2CCC/C2=C(/N)C(C)=O)CC1. The summed E-state index contributed by atoms with van der Waals surface area (Å²) in [5.74, 6) is -0.396. The van der Waals surface area contributed by atoms with Crippen LogP contribution in [0.5, 0.6) is 5.75 Å². The molecule has 29 heavy (non-hydrogen) atoms. The van der Waals surface area contributed by atoms with Crippen LogP contribution in [0.15, 0.2) is 34.5 Å². The van der Waals surface area contributed by atoms with Gasteiger partial charge in [0.25, 0.3) is 0 Å². The molecular weight excluding hydrogens is 375 g/mol. The monoisotopic (exact) mass is 402 g/mol. The number of nitrogens with two attached hydrogens (primary N) is 1. The van der Waals surface area contributed by atoms with E-state index in [-0.39, 0.29) is 29.7 Å². The van der Waals surface area contributed by atoms with Crippen LogP contribution in [0, 0.1) is 5.82 Å². The highest BCUT2D eigenvalue weighted by Crippen LogP contribution is 2.31. The highest BCUT2D eigenvalue weighted by Gasteiger charge is 2.25. The van der Waals surface area contributed by atoms with Crippen molar-refractivity contribution in [1.29, 1.82) is 0 Å². The molecule has 1 aliphatic carbocycles. The number of allylic oxidation sites excluding steroid dienone is 2. The Labute approximate surface area is 170 Å². The predicted molar refractivity (Wildman–Crippen MR) is 110 cm³/mol. The Balaban J connectivity index is 1.60. The number of methoxy groups -OCH3 is 1. The second-order valence-electron chi connectivity index (χ2n) is 7.22. The minimum absolute atomic E-state index is 0.0489. The third-order valence-electron chi connectivity index (χ3n) is 5.42. The van der Waals surface area contributed by atoms with Gasteiger partial charge in [0.15, 0.2) is 17.3 Å². The summed E-state index contributed by atoms with van der Waals surface area (Å²) in [5.41, 5.74) is 8.39. The number of rotatable bonds is 5. The summed E-state index contributed by atoms with van der Waals surface area (Å²) >= 11 is 0. The maximum atomic E-state index is 13.9. The lowest BCUT2D eigenvalue weighted by atomic mass is 10.1. The number of piperazine rings is 1. The van der Waals surface area contributed by atoms with E-state index in [1.807, 2.05) is 11.0 Å². The van der Waals surface area contributed by atoms with Crippen LogP contribution in [0.4, 0.5) is 10.1 Å². The van der Waals surface area contributed by atoms with Crippen LogP contribution in [0.1, 0.15) is 26.2 Å². The molecule has 0 bridgehead atoms. The van der Waals surface area contributed by atoms with Gasteiger partial charge in [0.05, 0.1) is 18.5 Å². The minimum atomic E-state index is -0.399. The minimum Gasteiger partial charge on any atom is -0.492 e. The predicted octanol–water partition coefficient (Wildman–Crippen LogP) is 1.91. The standard InChI is InChI=1S/C21H27FN4O3/c1-14(27)20(23)15-5-3-7-17(15)24-13-19(28)26-11-9-25(10-12-26)18-8-4-6-16(22)21(18)29-2/h4,6,8H,3,5,7,9-13,23H2,1-2H3/b20-15-,24-17?. The number of carbonyl (C=O) groups excluding carboxylic acids is 2. The molecule has 1 aromatic carbocycles. The Kier molecular flexibility index (Phi) is 6.51. The van der Waals surface area contributed by atoms with E-state index in [4.69, 9.17) is 10.5 Å². The van der Waals surface area contributed by atoms with Crippen molar-refractivity contribution >= 4 is 23.1 Å². The van der Waals surface area contributed by atoms with Gasteiger partial charge < -0.3 is 20.3 Å². The van der Waals surface area contributed by atoms with Crippen LogP contribution in [0.2, 0.25) is 0 Å². The summed E-state index contributed by atoms with van der Waals surface area (Å²) in [6.07, 6.45) is 2.36. The Bertz CT molecular complexity index is 857. The van der Waals surface area contributed by atoms with Crippen molar-refractivity contribution in [3.8, 4) is 5.75 Å². The third-order valence-corrected chi connectivity index (χ3v) is 5.42. The average molecular weight is 402 g/mol. The summed E-state index contributed by atoms with van der Waals surface area (Å²) in [5, 5.41) is 0. The molecule has 3 rings (SSSR count). The normalized spacial score (nSPS) is 20.2. The van der Waals surface area contributed by atoms with E-state index >= 15 is 0 Å². The zero-order chi connectivity index (χ0) is 21.0. The van der Waals surface area contributed by atoms with E-state index in [2.05, 4.69) is 4.99 Å². The van der Waals surface area contributed by atoms with Crippen LogP contribution >= 0.6 is 0 Å². The van der Waals surface area contributed by atoms with Crippen molar-refractivity contribution in [1.82, 2.24) is 4.90 Å². The van der Waals surface area contributed by atoms with Crippen LogP contribution in [-0.2, 0) is 9.59 Å². The Hall–Kier alpha value is -2.90. The van der Waals surface area contributed by atoms with Crippen molar-refractivity contribution in [2.45, 2.75) is 26.2 Å². The molecule has 0 unspecified atom stereocenters. The summed E-state index contributed by atoms with van der Waals surface area (Å²) in [6.45, 7) is 3.72. The number of anilines is 1. The van der Waals surface area contributed by atoms with Gasteiger partial charge in [0.1, 0.15) is 6.54 Å². The van der Waals surface area contributed by atoms with Gasteiger partial charge >= 0.3 is 0 Å². The average Bonchev–Trinajstić information content (AvgIpc) is 3.19. The molecule has 2 fully saturated rings. The second kappa shape index (κ2) is 9.07. The number of Topliss-reactive ketones (excluding diaryl/α,β-unsaturated/α-hetero) is 1. The van der Waals surface area contributed by atoms with Gasteiger partial charge in [-0.1, -0.05) is 6.07 Å². The molecular formula is C21H27FN4O3. The lowest BCUT2D eigenvalue weighted by Gasteiger charge is -2.36. The number of hydrogen-bond donors (Lipinski definition) is 1. The molecule has 1 aliphatic heterocycles. The summed E-state index contributed by atoms with van der Waals surface area (Å²) in [6, 6.07) is 4.84. The van der Waals surface area contributed by atoms with E-state index in [1.165, 1.54) is 20.1 Å². The molecule has 2 aliphatic rings. The number of benzene rings is 1. The molecule has 0 aromatic heterocycles. The molecule has 2 N–H and O–H groups in total. The lowest BCUT2D eigenvalue weighted by Crippen LogP contribution is -2.49. The van der Waals surface area contributed by atoms with Crippen LogP contribution < -0.4 is 15.4 Å². The van der Waals surface area contributed by atoms with Gasteiger partial charge in [-0.05, 0) is 37.0 Å². The van der Waals surface area contributed by atoms with Gasteiger partial charge in [-0.2, -0.15) is 0 Å². The maximum absolute atomic E-state index is 13.9. The molecule has 156 valence electrons. The number of hydrogen-bond acceptors (Lipinski definition) is 6. The van der Waals surface area contributed by atoms with Gasteiger partial charge in [-0.3, -0.25) is 14.6 Å². The Morgan fingerprint density at radius 2 is 1.93 bits per heavy atom. The number of amides is 1. The van der Waals surface area contributed by atoms with Crippen LogP contribution in [0.25, 0.3) is 0 Å². The first-order valence-electron chi connectivity index (χ1n) is 9.80. The van der Waals surface area contributed by atoms with Crippen molar-refractivity contribution in [2.75, 3.05) is 44.7 Å². The van der Waals surface area contributed by atoms with Gasteiger partial charge in [0.2, 0.25) is 5.91 Å². The highest BCUT2D eigenvalue weighted by atomic mass is 19.1. The van der Waals surface area contributed by atoms with E-state index < -0.39 is 5.82 Å². The number of nitrogens with zero attached hydrogens (tertiary/aromatic N) is 3. The lowest BCUT2D eigenvalue weighted by molar-refractivity contribution is -0.129. The van der Waals surface area contributed by atoms with E-state index in [9.17, 15) is 14.0 Å². The van der Waals surface area contributed by atoms with Crippen molar-refractivity contribution in [3.63, 3.8) is 0 Å². The van der Waals surface area contributed by atoms with E-state index in [0.29, 0.717) is 31.9 Å². The molecule has 8 heteroatoms. The summed E-state index contributed by atoms with van der Waals surface area (Å²) < 4.78 is 19.1. The first-order chi connectivity index (χ1) is 13.9. The number of para-hydroxylation sites is 1. The van der Waals surface area contributed by atoms with Crippen molar-refractivity contribution in [3.05, 3.63) is 35.3 Å². The Morgan fingerprint density at radius 3 is 2.59 bits per heavy atom. The fourth-order valence-corrected chi connectivity index (χ4v) is 3.81. The molecule has 7 nitrogen and oxygen atoms in total. The Morgan fingerprint density at radius 1 is 1.21 bits per heavy atom. The molecule has 0 radical (unpaired) electrons. The fraction of sp³-hybridized carbons (Fsp3) is 0.476. The van der Waals surface area contributed by atoms with Gasteiger partial charge in [-0.25, -0.2) is 4.39 Å². The highest BCUT2D eigenvalue weighted by molar-refractivity contribution is 6.09. The zero-order valence-electron chi connectivity index (χ0n) is 16.9. The molecule has 1 amide bonds. The molecule has 0 atom stereocenters. The number of carbonyl (C=O) groups is 2. The first kappa shape index (κ1) is 20.8. The zero-order valence-corrected chi connectivity index (χ0v) is 16.9. The summed E-state index contributed by atoms with van der Waals surface area (Å²) in [4.78, 5) is 32.3. The molecule has 0 spiro atoms. The summed E-state index contributed by atoms with van der Waals surface area (Å²) in [7, 11) is 1.45. The van der Waals surface area contributed by atoms with Gasteiger partial charge in [0, 0.05) is 38.8 Å².